The number of para-hydroxylation sites is 1. The lowest BCUT2D eigenvalue weighted by molar-refractivity contribution is 0.102. The Hall–Kier alpha value is -3.21. The van der Waals surface area contributed by atoms with Crippen LogP contribution in [0.2, 0.25) is 0 Å². The molecule has 3 heterocycles. The highest BCUT2D eigenvalue weighted by Crippen LogP contribution is 2.30. The van der Waals surface area contributed by atoms with Gasteiger partial charge < -0.3 is 5.32 Å². The lowest BCUT2D eigenvalue weighted by Gasteiger charge is -2.16. The van der Waals surface area contributed by atoms with E-state index < -0.39 is 15.9 Å². The Morgan fingerprint density at radius 1 is 1.00 bits per heavy atom. The van der Waals surface area contributed by atoms with Gasteiger partial charge in [-0.05, 0) is 43.2 Å². The van der Waals surface area contributed by atoms with Crippen molar-refractivity contribution in [1.29, 1.82) is 0 Å². The van der Waals surface area contributed by atoms with E-state index >= 15 is 0 Å². The molecule has 1 aliphatic heterocycles. The normalized spacial score (nSPS) is 14.6. The quantitative estimate of drug-likeness (QED) is 0.481. The van der Waals surface area contributed by atoms with E-state index in [-0.39, 0.29) is 10.6 Å². The third-order valence-electron chi connectivity index (χ3n) is 5.20. The molecule has 1 saturated heterocycles. The zero-order valence-electron chi connectivity index (χ0n) is 16.9. The molecule has 0 saturated carbocycles. The minimum atomic E-state index is -3.58. The van der Waals surface area contributed by atoms with Crippen LogP contribution in [-0.4, -0.2) is 46.7 Å². The molecule has 2 aromatic heterocycles. The number of thiazole rings is 1. The SMILES string of the molecule is O=C(Nc1cccc(S(=O)(=O)N2CCCC2)c1)c1nccnc1-c1nc2ccccc2s1. The van der Waals surface area contributed by atoms with Gasteiger partial charge in [-0.25, -0.2) is 23.4 Å². The van der Waals surface area contributed by atoms with Crippen molar-refractivity contribution in [1.82, 2.24) is 19.3 Å². The van der Waals surface area contributed by atoms with Crippen LogP contribution >= 0.6 is 11.3 Å². The van der Waals surface area contributed by atoms with E-state index in [4.69, 9.17) is 0 Å². The van der Waals surface area contributed by atoms with E-state index in [0.29, 0.717) is 29.5 Å². The molecule has 1 fully saturated rings. The number of rotatable bonds is 5. The summed E-state index contributed by atoms with van der Waals surface area (Å²) in [6.45, 7) is 1.04. The van der Waals surface area contributed by atoms with Gasteiger partial charge in [0.2, 0.25) is 10.0 Å². The Labute approximate surface area is 189 Å². The summed E-state index contributed by atoms with van der Waals surface area (Å²) in [6, 6.07) is 14.0. The molecule has 0 aliphatic carbocycles. The summed E-state index contributed by atoms with van der Waals surface area (Å²) in [7, 11) is -3.58. The van der Waals surface area contributed by atoms with Gasteiger partial charge in [-0.15, -0.1) is 11.3 Å². The minimum Gasteiger partial charge on any atom is -0.321 e. The first-order valence-electron chi connectivity index (χ1n) is 10.1. The summed E-state index contributed by atoms with van der Waals surface area (Å²) in [4.78, 5) is 26.3. The van der Waals surface area contributed by atoms with Crippen molar-refractivity contribution >= 4 is 43.2 Å². The molecule has 0 radical (unpaired) electrons. The first-order chi connectivity index (χ1) is 15.5. The van der Waals surface area contributed by atoms with Gasteiger partial charge in [0.05, 0.1) is 15.1 Å². The zero-order chi connectivity index (χ0) is 22.1. The second-order valence-electron chi connectivity index (χ2n) is 7.33. The molecule has 4 aromatic rings. The Balaban J connectivity index is 1.44. The van der Waals surface area contributed by atoms with Gasteiger partial charge in [-0.3, -0.25) is 4.79 Å². The topological polar surface area (TPSA) is 105 Å². The van der Waals surface area contributed by atoms with Crippen LogP contribution in [-0.2, 0) is 10.0 Å². The highest BCUT2D eigenvalue weighted by Gasteiger charge is 2.27. The number of sulfonamides is 1. The molecule has 8 nitrogen and oxygen atoms in total. The number of anilines is 1. The molecule has 162 valence electrons. The first kappa shape index (κ1) is 20.7. The van der Waals surface area contributed by atoms with Gasteiger partial charge in [-0.1, -0.05) is 18.2 Å². The number of hydrogen-bond acceptors (Lipinski definition) is 7. The third kappa shape index (κ3) is 3.88. The van der Waals surface area contributed by atoms with Crippen LogP contribution in [0.4, 0.5) is 5.69 Å². The molecule has 0 spiro atoms. The number of amides is 1. The van der Waals surface area contributed by atoms with E-state index in [1.807, 2.05) is 24.3 Å². The van der Waals surface area contributed by atoms with Gasteiger partial charge in [0.15, 0.2) is 5.69 Å². The number of nitrogens with one attached hydrogen (secondary N) is 1. The number of fused-ring (bicyclic) bond motifs is 1. The van der Waals surface area contributed by atoms with Gasteiger partial charge >= 0.3 is 0 Å². The fourth-order valence-corrected chi connectivity index (χ4v) is 6.16. The van der Waals surface area contributed by atoms with Crippen LogP contribution in [0.1, 0.15) is 23.3 Å². The van der Waals surface area contributed by atoms with Gasteiger partial charge in [0.1, 0.15) is 10.7 Å². The number of benzene rings is 2. The molecule has 0 bridgehead atoms. The maximum Gasteiger partial charge on any atom is 0.276 e. The molecule has 2 aromatic carbocycles. The van der Waals surface area contributed by atoms with Crippen LogP contribution in [0.5, 0.6) is 0 Å². The van der Waals surface area contributed by atoms with Crippen molar-refractivity contribution in [3.63, 3.8) is 0 Å². The Bertz CT molecular complexity index is 1380. The van der Waals surface area contributed by atoms with Gasteiger partial charge in [0, 0.05) is 31.2 Å². The van der Waals surface area contributed by atoms with Crippen molar-refractivity contribution in [2.24, 2.45) is 0 Å². The predicted molar refractivity (Wildman–Crippen MR) is 123 cm³/mol. The molecule has 1 amide bonds. The van der Waals surface area contributed by atoms with Gasteiger partial charge in [-0.2, -0.15) is 4.31 Å². The highest BCUT2D eigenvalue weighted by atomic mass is 32.2. The molecular weight excluding hydrogens is 446 g/mol. The summed E-state index contributed by atoms with van der Waals surface area (Å²) in [5, 5.41) is 3.35. The lowest BCUT2D eigenvalue weighted by atomic mass is 10.2. The fraction of sp³-hybridized carbons (Fsp3) is 0.182. The molecule has 10 heteroatoms. The van der Waals surface area contributed by atoms with Gasteiger partial charge in [0.25, 0.3) is 5.91 Å². The maximum atomic E-state index is 13.0. The van der Waals surface area contributed by atoms with E-state index in [1.54, 1.807) is 12.1 Å². The van der Waals surface area contributed by atoms with Crippen LogP contribution in [0.3, 0.4) is 0 Å². The summed E-state index contributed by atoms with van der Waals surface area (Å²) >= 11 is 1.43. The lowest BCUT2D eigenvalue weighted by Crippen LogP contribution is -2.28. The highest BCUT2D eigenvalue weighted by molar-refractivity contribution is 7.89. The van der Waals surface area contributed by atoms with E-state index in [9.17, 15) is 13.2 Å². The summed E-state index contributed by atoms with van der Waals surface area (Å²) in [5.41, 5.74) is 1.70. The first-order valence-corrected chi connectivity index (χ1v) is 12.4. The van der Waals surface area contributed by atoms with Crippen molar-refractivity contribution < 1.29 is 13.2 Å². The predicted octanol–water partition coefficient (Wildman–Crippen LogP) is 3.79. The summed E-state index contributed by atoms with van der Waals surface area (Å²) in [5.74, 6) is -0.483. The molecule has 1 aliphatic rings. The maximum absolute atomic E-state index is 13.0. The number of carbonyl (C=O) groups excluding carboxylic acids is 1. The van der Waals surface area contributed by atoms with Crippen molar-refractivity contribution in [3.8, 4) is 10.7 Å². The van der Waals surface area contributed by atoms with Crippen molar-refractivity contribution in [2.45, 2.75) is 17.7 Å². The average Bonchev–Trinajstić information content (AvgIpc) is 3.50. The van der Waals surface area contributed by atoms with Crippen LogP contribution < -0.4 is 5.32 Å². The van der Waals surface area contributed by atoms with Crippen LogP contribution in [0, 0.1) is 0 Å². The zero-order valence-corrected chi connectivity index (χ0v) is 18.6. The number of aromatic nitrogens is 3. The Morgan fingerprint density at radius 3 is 2.59 bits per heavy atom. The molecule has 0 unspecified atom stereocenters. The molecular formula is C22H19N5O3S2. The van der Waals surface area contributed by atoms with E-state index in [0.717, 1.165) is 23.1 Å². The molecule has 0 atom stereocenters. The summed E-state index contributed by atoms with van der Waals surface area (Å²) in [6.07, 6.45) is 4.68. The second kappa shape index (κ2) is 8.38. The molecule has 32 heavy (non-hydrogen) atoms. The average molecular weight is 466 g/mol. The molecule has 5 rings (SSSR count). The Morgan fingerprint density at radius 2 is 1.78 bits per heavy atom. The third-order valence-corrected chi connectivity index (χ3v) is 8.14. The van der Waals surface area contributed by atoms with E-state index in [2.05, 4.69) is 20.3 Å². The van der Waals surface area contributed by atoms with E-state index in [1.165, 1.54) is 40.2 Å². The second-order valence-corrected chi connectivity index (χ2v) is 10.3. The van der Waals surface area contributed by atoms with Crippen LogP contribution in [0.25, 0.3) is 20.9 Å². The summed E-state index contributed by atoms with van der Waals surface area (Å²) < 4.78 is 28.2. The van der Waals surface area contributed by atoms with Crippen LogP contribution in [0.15, 0.2) is 65.8 Å². The number of hydrogen-bond donors (Lipinski definition) is 1. The largest absolute Gasteiger partial charge is 0.321 e. The monoisotopic (exact) mass is 465 g/mol. The number of nitrogens with zero attached hydrogens (tertiary/aromatic N) is 4. The standard InChI is InChI=1S/C22H19N5O3S2/c28-21(25-15-6-5-7-16(14-15)32(29,30)27-12-3-4-13-27)19-20(24-11-10-23-19)22-26-17-8-1-2-9-18(17)31-22/h1-2,5-11,14H,3-4,12-13H2,(H,25,28). The molecule has 1 N–H and O–H groups in total. The Kier molecular flexibility index (Phi) is 5.41. The fourth-order valence-electron chi connectivity index (χ4n) is 3.64. The van der Waals surface area contributed by atoms with Crippen molar-refractivity contribution in [2.75, 3.05) is 18.4 Å². The number of carbonyl (C=O) groups is 1. The van der Waals surface area contributed by atoms with Crippen molar-refractivity contribution in [3.05, 3.63) is 66.6 Å². The minimum absolute atomic E-state index is 0.124. The smallest absolute Gasteiger partial charge is 0.276 e.